The molecular formula is C26H27F3N4O. The molecule has 0 bridgehead atoms. The summed E-state index contributed by atoms with van der Waals surface area (Å²) in [7, 11) is 0. The van der Waals surface area contributed by atoms with Crippen molar-refractivity contribution in [2.45, 2.75) is 33.4 Å². The standard InChI is InChI=1S/C26H27F3N4O/c1-4-22-18(3)30-23(20-6-5-7-21(16-20)26(27,28)29)31-24(22)32-12-14-33(15-13-32)25(34)19-10-8-17(2)9-11-19/h5-11,16H,4,12-15H2,1-3H3. The number of hydrogen-bond acceptors (Lipinski definition) is 4. The Hall–Kier alpha value is -3.42. The molecule has 1 aromatic heterocycles. The smallest absolute Gasteiger partial charge is 0.353 e. The highest BCUT2D eigenvalue weighted by molar-refractivity contribution is 5.94. The molecule has 34 heavy (non-hydrogen) atoms. The number of benzene rings is 2. The highest BCUT2D eigenvalue weighted by atomic mass is 19.4. The minimum atomic E-state index is -4.43. The Morgan fingerprint density at radius 3 is 2.26 bits per heavy atom. The van der Waals surface area contributed by atoms with Crippen molar-refractivity contribution in [3.63, 3.8) is 0 Å². The molecule has 0 atom stereocenters. The van der Waals surface area contributed by atoms with Crippen LogP contribution in [0.4, 0.5) is 19.0 Å². The van der Waals surface area contributed by atoms with Gasteiger partial charge in [-0.2, -0.15) is 13.2 Å². The number of halogens is 3. The van der Waals surface area contributed by atoms with Crippen LogP contribution in [0.3, 0.4) is 0 Å². The third-order valence-electron chi connectivity index (χ3n) is 6.16. The first-order chi connectivity index (χ1) is 16.2. The Morgan fingerprint density at radius 2 is 1.65 bits per heavy atom. The summed E-state index contributed by atoms with van der Waals surface area (Å²) in [4.78, 5) is 26.0. The molecule has 0 spiro atoms. The van der Waals surface area contributed by atoms with Crippen LogP contribution >= 0.6 is 0 Å². The summed E-state index contributed by atoms with van der Waals surface area (Å²) in [6.07, 6.45) is -3.73. The predicted molar refractivity (Wildman–Crippen MR) is 126 cm³/mol. The molecule has 0 unspecified atom stereocenters. The summed E-state index contributed by atoms with van der Waals surface area (Å²) >= 11 is 0. The molecule has 3 aromatic rings. The molecular weight excluding hydrogens is 441 g/mol. The average Bonchev–Trinajstić information content (AvgIpc) is 2.83. The maximum atomic E-state index is 13.2. The van der Waals surface area contributed by atoms with E-state index in [9.17, 15) is 18.0 Å². The third-order valence-corrected chi connectivity index (χ3v) is 6.16. The van der Waals surface area contributed by atoms with Crippen molar-refractivity contribution >= 4 is 11.7 Å². The number of nitrogens with zero attached hydrogens (tertiary/aromatic N) is 4. The number of amides is 1. The molecule has 1 amide bonds. The van der Waals surface area contributed by atoms with Crippen molar-refractivity contribution in [1.82, 2.24) is 14.9 Å². The molecule has 0 aliphatic carbocycles. The molecule has 1 saturated heterocycles. The lowest BCUT2D eigenvalue weighted by molar-refractivity contribution is -0.137. The number of hydrogen-bond donors (Lipinski definition) is 0. The minimum Gasteiger partial charge on any atom is -0.353 e. The molecule has 1 aliphatic heterocycles. The maximum absolute atomic E-state index is 13.2. The molecule has 8 heteroatoms. The zero-order valence-corrected chi connectivity index (χ0v) is 19.5. The van der Waals surface area contributed by atoms with Crippen molar-refractivity contribution in [3.8, 4) is 11.4 Å². The van der Waals surface area contributed by atoms with Gasteiger partial charge in [0, 0.05) is 48.6 Å². The Bertz CT molecular complexity index is 1180. The van der Waals surface area contributed by atoms with Gasteiger partial charge in [0.15, 0.2) is 5.82 Å². The van der Waals surface area contributed by atoms with Crippen LogP contribution < -0.4 is 4.90 Å². The van der Waals surface area contributed by atoms with Gasteiger partial charge in [-0.25, -0.2) is 9.97 Å². The summed E-state index contributed by atoms with van der Waals surface area (Å²) in [5.41, 5.74) is 3.08. The number of piperazine rings is 1. The van der Waals surface area contributed by atoms with Crippen LogP contribution in [0.1, 0.15) is 39.7 Å². The van der Waals surface area contributed by atoms with E-state index in [0.29, 0.717) is 43.7 Å². The topological polar surface area (TPSA) is 49.3 Å². The third kappa shape index (κ3) is 4.90. The number of aromatic nitrogens is 2. The first-order valence-corrected chi connectivity index (χ1v) is 11.3. The molecule has 2 aromatic carbocycles. The van der Waals surface area contributed by atoms with Gasteiger partial charge in [0.25, 0.3) is 5.91 Å². The number of aryl methyl sites for hydroxylation is 2. The normalized spacial score (nSPS) is 14.4. The van der Waals surface area contributed by atoms with E-state index >= 15 is 0 Å². The molecule has 0 saturated carbocycles. The fraction of sp³-hybridized carbons (Fsp3) is 0.346. The number of alkyl halides is 3. The Morgan fingerprint density at radius 1 is 0.971 bits per heavy atom. The van der Waals surface area contributed by atoms with Gasteiger partial charge < -0.3 is 9.80 Å². The molecule has 0 N–H and O–H groups in total. The highest BCUT2D eigenvalue weighted by Crippen LogP contribution is 2.33. The van der Waals surface area contributed by atoms with Gasteiger partial charge in [-0.3, -0.25) is 4.79 Å². The van der Waals surface area contributed by atoms with Crippen LogP contribution in [0.15, 0.2) is 48.5 Å². The molecule has 5 nitrogen and oxygen atoms in total. The van der Waals surface area contributed by atoms with Gasteiger partial charge in [-0.1, -0.05) is 36.8 Å². The van der Waals surface area contributed by atoms with Crippen LogP contribution in [-0.4, -0.2) is 47.0 Å². The van der Waals surface area contributed by atoms with E-state index in [1.165, 1.54) is 6.07 Å². The lowest BCUT2D eigenvalue weighted by Crippen LogP contribution is -2.49. The Balaban J connectivity index is 1.58. The van der Waals surface area contributed by atoms with E-state index in [1.807, 2.05) is 49.9 Å². The van der Waals surface area contributed by atoms with E-state index in [4.69, 9.17) is 4.98 Å². The largest absolute Gasteiger partial charge is 0.416 e. The average molecular weight is 469 g/mol. The summed E-state index contributed by atoms with van der Waals surface area (Å²) < 4.78 is 39.6. The van der Waals surface area contributed by atoms with Crippen molar-refractivity contribution in [2.75, 3.05) is 31.1 Å². The van der Waals surface area contributed by atoms with Crippen molar-refractivity contribution < 1.29 is 18.0 Å². The van der Waals surface area contributed by atoms with Gasteiger partial charge in [0.2, 0.25) is 0 Å². The van der Waals surface area contributed by atoms with Gasteiger partial charge in [0.05, 0.1) is 5.56 Å². The first-order valence-electron chi connectivity index (χ1n) is 11.3. The van der Waals surface area contributed by atoms with Crippen molar-refractivity contribution in [3.05, 3.63) is 76.5 Å². The molecule has 2 heterocycles. The van der Waals surface area contributed by atoms with Crippen LogP contribution in [0, 0.1) is 13.8 Å². The molecule has 1 fully saturated rings. The van der Waals surface area contributed by atoms with Crippen LogP contribution in [0.25, 0.3) is 11.4 Å². The quantitative estimate of drug-likeness (QED) is 0.521. The van der Waals surface area contributed by atoms with Crippen LogP contribution in [0.5, 0.6) is 0 Å². The number of carbonyl (C=O) groups excluding carboxylic acids is 1. The second-order valence-electron chi connectivity index (χ2n) is 8.51. The minimum absolute atomic E-state index is 0.00103. The lowest BCUT2D eigenvalue weighted by atomic mass is 10.1. The summed E-state index contributed by atoms with van der Waals surface area (Å²) in [6.45, 7) is 8.10. The summed E-state index contributed by atoms with van der Waals surface area (Å²) in [6, 6.07) is 12.6. The molecule has 1 aliphatic rings. The fourth-order valence-electron chi connectivity index (χ4n) is 4.22. The Kier molecular flexibility index (Phi) is 6.59. The van der Waals surface area contributed by atoms with E-state index in [2.05, 4.69) is 9.88 Å². The van der Waals surface area contributed by atoms with Gasteiger partial charge in [-0.15, -0.1) is 0 Å². The van der Waals surface area contributed by atoms with E-state index in [0.717, 1.165) is 34.8 Å². The monoisotopic (exact) mass is 468 g/mol. The first kappa shape index (κ1) is 23.7. The predicted octanol–water partition coefficient (Wildman–Crippen LogP) is 5.30. The van der Waals surface area contributed by atoms with Crippen LogP contribution in [0.2, 0.25) is 0 Å². The SMILES string of the molecule is CCc1c(C)nc(-c2cccc(C(F)(F)F)c2)nc1N1CCN(C(=O)c2ccc(C)cc2)CC1. The Labute approximate surface area is 197 Å². The zero-order chi connectivity index (χ0) is 24.5. The van der Waals surface area contributed by atoms with Crippen LogP contribution in [-0.2, 0) is 12.6 Å². The number of anilines is 1. The van der Waals surface area contributed by atoms with E-state index < -0.39 is 11.7 Å². The van der Waals surface area contributed by atoms with E-state index in [1.54, 1.807) is 6.07 Å². The summed E-state index contributed by atoms with van der Waals surface area (Å²) in [5.74, 6) is 0.998. The number of carbonyl (C=O) groups is 1. The van der Waals surface area contributed by atoms with Crippen molar-refractivity contribution in [1.29, 1.82) is 0 Å². The van der Waals surface area contributed by atoms with E-state index in [-0.39, 0.29) is 11.7 Å². The van der Waals surface area contributed by atoms with Crippen molar-refractivity contribution in [2.24, 2.45) is 0 Å². The van der Waals surface area contributed by atoms with Gasteiger partial charge >= 0.3 is 6.18 Å². The fourth-order valence-corrected chi connectivity index (χ4v) is 4.22. The molecule has 0 radical (unpaired) electrons. The number of rotatable bonds is 4. The molecule has 4 rings (SSSR count). The zero-order valence-electron chi connectivity index (χ0n) is 19.5. The highest BCUT2D eigenvalue weighted by Gasteiger charge is 2.31. The molecule has 178 valence electrons. The van der Waals surface area contributed by atoms with Gasteiger partial charge in [-0.05, 0) is 44.5 Å². The van der Waals surface area contributed by atoms with Gasteiger partial charge in [0.1, 0.15) is 5.82 Å². The maximum Gasteiger partial charge on any atom is 0.416 e. The second-order valence-corrected chi connectivity index (χ2v) is 8.51. The summed E-state index contributed by atoms with van der Waals surface area (Å²) in [5, 5.41) is 0. The lowest BCUT2D eigenvalue weighted by Gasteiger charge is -2.36. The second kappa shape index (κ2) is 9.44.